The Morgan fingerprint density at radius 3 is 2.56 bits per heavy atom. The Hall–Kier alpha value is -0.460. The Balaban J connectivity index is 2.82. The van der Waals surface area contributed by atoms with Crippen molar-refractivity contribution in [1.29, 1.82) is 0 Å². The number of aromatic nitrogens is 1. The molecule has 0 fully saturated rings. The molecular weight excluding hydrogens is 292 g/mol. The van der Waals surface area contributed by atoms with E-state index in [1.165, 1.54) is 16.2 Å². The van der Waals surface area contributed by atoms with E-state index in [0.717, 1.165) is 8.79 Å². The third kappa shape index (κ3) is 3.54. The fourth-order valence-corrected chi connectivity index (χ4v) is 2.95. The van der Waals surface area contributed by atoms with Crippen molar-refractivity contribution in [3.8, 4) is 0 Å². The highest BCUT2D eigenvalue weighted by Gasteiger charge is 2.23. The van der Waals surface area contributed by atoms with Crippen LogP contribution in [0.4, 0.5) is 0 Å². The van der Waals surface area contributed by atoms with Gasteiger partial charge >= 0.3 is 0 Å². The minimum absolute atomic E-state index is 0.182. The van der Waals surface area contributed by atoms with Crippen LogP contribution >= 0.6 is 27.3 Å². The van der Waals surface area contributed by atoms with Gasteiger partial charge in [0.05, 0.1) is 10.6 Å². The lowest BCUT2D eigenvalue weighted by Crippen LogP contribution is -2.39. The number of aryl methyl sites for hydroxylation is 1. The van der Waals surface area contributed by atoms with E-state index in [1.54, 1.807) is 20.9 Å². The predicted molar refractivity (Wildman–Crippen MR) is 67.8 cm³/mol. The Labute approximate surface area is 107 Å². The summed E-state index contributed by atoms with van der Waals surface area (Å²) in [7, 11) is 1.65. The Morgan fingerprint density at radius 1 is 1.62 bits per heavy atom. The lowest BCUT2D eigenvalue weighted by molar-refractivity contribution is 0.0365. The molecule has 1 aromatic heterocycles. The largest absolute Gasteiger partial charge is 0.389 e. The quantitative estimate of drug-likeness (QED) is 0.930. The van der Waals surface area contributed by atoms with E-state index in [9.17, 15) is 9.90 Å². The first kappa shape index (κ1) is 13.6. The summed E-state index contributed by atoms with van der Waals surface area (Å²) < 4.78 is 0.734. The summed E-state index contributed by atoms with van der Waals surface area (Å²) in [6.45, 7) is 5.45. The van der Waals surface area contributed by atoms with Gasteiger partial charge < -0.3 is 10.0 Å². The minimum atomic E-state index is -0.901. The average molecular weight is 307 g/mol. The summed E-state index contributed by atoms with van der Waals surface area (Å²) in [5, 5.41) is 10.5. The first-order chi connectivity index (χ1) is 7.20. The topological polar surface area (TPSA) is 53.4 Å². The van der Waals surface area contributed by atoms with Crippen molar-refractivity contribution in [2.45, 2.75) is 26.4 Å². The number of thiazole rings is 1. The molecule has 6 heteroatoms. The number of amides is 1. The van der Waals surface area contributed by atoms with E-state index >= 15 is 0 Å². The highest BCUT2D eigenvalue weighted by atomic mass is 79.9. The van der Waals surface area contributed by atoms with Crippen LogP contribution in [0.2, 0.25) is 0 Å². The molecule has 0 aliphatic carbocycles. The average Bonchev–Trinajstić information content (AvgIpc) is 2.41. The second-order valence-corrected chi connectivity index (χ2v) is 6.85. The molecule has 0 unspecified atom stereocenters. The van der Waals surface area contributed by atoms with Crippen molar-refractivity contribution < 1.29 is 9.90 Å². The monoisotopic (exact) mass is 306 g/mol. The van der Waals surface area contributed by atoms with Gasteiger partial charge in [0.25, 0.3) is 5.91 Å². The zero-order valence-corrected chi connectivity index (χ0v) is 12.1. The Morgan fingerprint density at radius 2 is 2.19 bits per heavy atom. The summed E-state index contributed by atoms with van der Waals surface area (Å²) >= 11 is 4.74. The maximum absolute atomic E-state index is 12.0. The molecule has 0 aliphatic heterocycles. The standard InChI is InChI=1S/C10H15BrN2O2S/c1-6-12-7(8(11)16-6)9(14)13(4)5-10(2,3)15/h15H,5H2,1-4H3. The summed E-state index contributed by atoms with van der Waals surface area (Å²) in [6.07, 6.45) is 0. The molecule has 90 valence electrons. The molecule has 1 amide bonds. The van der Waals surface area contributed by atoms with Gasteiger partial charge in [-0.2, -0.15) is 0 Å². The van der Waals surface area contributed by atoms with Gasteiger partial charge in [-0.25, -0.2) is 4.98 Å². The summed E-state index contributed by atoms with van der Waals surface area (Å²) in [5.74, 6) is -0.182. The van der Waals surface area contributed by atoms with Gasteiger partial charge in [0, 0.05) is 13.6 Å². The predicted octanol–water partition coefficient (Wildman–Crippen LogP) is 2.06. The molecular formula is C10H15BrN2O2S. The van der Waals surface area contributed by atoms with Crippen molar-refractivity contribution >= 4 is 33.2 Å². The zero-order chi connectivity index (χ0) is 12.5. The SMILES string of the molecule is Cc1nc(C(=O)N(C)CC(C)(C)O)c(Br)s1. The number of halogens is 1. The number of hydrogen-bond donors (Lipinski definition) is 1. The first-order valence-corrected chi connectivity index (χ1v) is 6.42. The van der Waals surface area contributed by atoms with Gasteiger partial charge in [-0.05, 0) is 36.7 Å². The maximum Gasteiger partial charge on any atom is 0.274 e. The van der Waals surface area contributed by atoms with E-state index < -0.39 is 5.60 Å². The maximum atomic E-state index is 12.0. The van der Waals surface area contributed by atoms with Gasteiger partial charge in [-0.15, -0.1) is 11.3 Å². The summed E-state index contributed by atoms with van der Waals surface area (Å²) in [6, 6.07) is 0. The number of nitrogens with zero attached hydrogens (tertiary/aromatic N) is 2. The molecule has 1 aromatic rings. The number of hydrogen-bond acceptors (Lipinski definition) is 4. The highest BCUT2D eigenvalue weighted by molar-refractivity contribution is 9.11. The molecule has 1 rings (SSSR count). The molecule has 1 heterocycles. The molecule has 0 radical (unpaired) electrons. The Bertz CT molecular complexity index is 398. The van der Waals surface area contributed by atoms with E-state index in [0.29, 0.717) is 5.69 Å². The molecule has 0 atom stereocenters. The molecule has 0 aromatic carbocycles. The molecule has 16 heavy (non-hydrogen) atoms. The van der Waals surface area contributed by atoms with Crippen molar-refractivity contribution in [2.24, 2.45) is 0 Å². The number of aliphatic hydroxyl groups is 1. The zero-order valence-electron chi connectivity index (χ0n) is 9.74. The van der Waals surface area contributed by atoms with Crippen molar-refractivity contribution in [2.75, 3.05) is 13.6 Å². The fourth-order valence-electron chi connectivity index (χ4n) is 1.37. The third-order valence-corrected chi connectivity index (χ3v) is 3.49. The number of rotatable bonds is 3. The van der Waals surface area contributed by atoms with Crippen LogP contribution in [0.5, 0.6) is 0 Å². The van der Waals surface area contributed by atoms with Crippen molar-refractivity contribution in [3.05, 3.63) is 14.5 Å². The second-order valence-electron chi connectivity index (χ2n) is 4.33. The number of likely N-dealkylation sites (N-methyl/N-ethyl adjacent to an activating group) is 1. The Kier molecular flexibility index (Phi) is 4.09. The van der Waals surface area contributed by atoms with Gasteiger partial charge in [-0.1, -0.05) is 0 Å². The fraction of sp³-hybridized carbons (Fsp3) is 0.600. The highest BCUT2D eigenvalue weighted by Crippen LogP contribution is 2.25. The molecule has 1 N–H and O–H groups in total. The van der Waals surface area contributed by atoms with E-state index in [1.807, 2.05) is 6.92 Å². The van der Waals surface area contributed by atoms with Crippen LogP contribution in [-0.2, 0) is 0 Å². The minimum Gasteiger partial charge on any atom is -0.389 e. The lowest BCUT2D eigenvalue weighted by Gasteiger charge is -2.25. The van der Waals surface area contributed by atoms with Gasteiger partial charge in [0.2, 0.25) is 0 Å². The van der Waals surface area contributed by atoms with E-state index in [4.69, 9.17) is 0 Å². The molecule has 0 aliphatic rings. The third-order valence-electron chi connectivity index (χ3n) is 1.87. The lowest BCUT2D eigenvalue weighted by atomic mass is 10.1. The van der Waals surface area contributed by atoms with Crippen LogP contribution in [0.3, 0.4) is 0 Å². The summed E-state index contributed by atoms with van der Waals surface area (Å²) in [5.41, 5.74) is -0.489. The van der Waals surface area contributed by atoms with Crippen LogP contribution in [0, 0.1) is 6.92 Å². The second kappa shape index (κ2) is 4.81. The number of carbonyl (C=O) groups is 1. The molecule has 0 spiro atoms. The normalized spacial score (nSPS) is 11.6. The van der Waals surface area contributed by atoms with Gasteiger partial charge in [-0.3, -0.25) is 4.79 Å². The van der Waals surface area contributed by atoms with Gasteiger partial charge in [0.15, 0.2) is 5.69 Å². The molecule has 0 saturated heterocycles. The van der Waals surface area contributed by atoms with Crippen molar-refractivity contribution in [1.82, 2.24) is 9.88 Å². The van der Waals surface area contributed by atoms with Crippen LogP contribution in [0.15, 0.2) is 3.79 Å². The number of carbonyl (C=O) groups excluding carboxylic acids is 1. The van der Waals surface area contributed by atoms with Crippen molar-refractivity contribution in [3.63, 3.8) is 0 Å². The molecule has 4 nitrogen and oxygen atoms in total. The van der Waals surface area contributed by atoms with E-state index in [2.05, 4.69) is 20.9 Å². The van der Waals surface area contributed by atoms with Crippen LogP contribution in [0.1, 0.15) is 29.3 Å². The molecule has 0 saturated carbocycles. The smallest absolute Gasteiger partial charge is 0.274 e. The van der Waals surface area contributed by atoms with E-state index in [-0.39, 0.29) is 12.5 Å². The summed E-state index contributed by atoms with van der Waals surface area (Å²) in [4.78, 5) is 17.6. The first-order valence-electron chi connectivity index (χ1n) is 4.81. The van der Waals surface area contributed by atoms with Crippen LogP contribution < -0.4 is 0 Å². The van der Waals surface area contributed by atoms with Crippen LogP contribution in [-0.4, -0.2) is 40.1 Å². The van der Waals surface area contributed by atoms with Gasteiger partial charge in [0.1, 0.15) is 3.79 Å². The van der Waals surface area contributed by atoms with Crippen LogP contribution in [0.25, 0.3) is 0 Å². The molecule has 0 bridgehead atoms.